The minimum Gasteiger partial charge on any atom is -0.504 e. The Morgan fingerprint density at radius 3 is 2.35 bits per heavy atom. The van der Waals surface area contributed by atoms with Crippen molar-refractivity contribution in [2.75, 3.05) is 7.11 Å². The summed E-state index contributed by atoms with van der Waals surface area (Å²) >= 11 is 0. The largest absolute Gasteiger partial charge is 0.504 e. The van der Waals surface area contributed by atoms with Gasteiger partial charge in [0.05, 0.1) is 13.2 Å². The average Bonchev–Trinajstić information content (AvgIpc) is 2.50. The molecule has 2 aliphatic carbocycles. The summed E-state index contributed by atoms with van der Waals surface area (Å²) in [6.07, 6.45) is -0.749. The van der Waals surface area contributed by atoms with E-state index in [1.54, 1.807) is 6.07 Å². The minimum atomic E-state index is -1.13. The number of phenols is 1. The van der Waals surface area contributed by atoms with Crippen molar-refractivity contribution in [1.29, 1.82) is 0 Å². The number of fused-ring (bicyclic) bond motifs is 3. The maximum atomic E-state index is 13.1. The molecule has 5 nitrogen and oxygen atoms in total. The highest BCUT2D eigenvalue weighted by atomic mass is 16.5. The summed E-state index contributed by atoms with van der Waals surface area (Å²) in [7, 11) is 1.48. The van der Waals surface area contributed by atoms with Gasteiger partial charge in [-0.15, -0.1) is 0 Å². The van der Waals surface area contributed by atoms with Gasteiger partial charge >= 0.3 is 0 Å². The smallest absolute Gasteiger partial charge is 0.192 e. The summed E-state index contributed by atoms with van der Waals surface area (Å²) in [5.41, 5.74) is 0.533. The number of Topliss-reactive ketones (excluding diaryl/α,β-unsaturated/α-hetero) is 1. The van der Waals surface area contributed by atoms with Crippen LogP contribution in [-0.4, -0.2) is 40.4 Å². The van der Waals surface area contributed by atoms with Crippen molar-refractivity contribution >= 4 is 5.78 Å². The van der Waals surface area contributed by atoms with E-state index in [4.69, 9.17) is 4.74 Å². The number of ether oxygens (including phenoxy) is 1. The van der Waals surface area contributed by atoms with E-state index in [0.717, 1.165) is 0 Å². The Morgan fingerprint density at radius 2 is 1.81 bits per heavy atom. The van der Waals surface area contributed by atoms with E-state index in [2.05, 4.69) is 0 Å². The van der Waals surface area contributed by atoms with Crippen LogP contribution in [0.4, 0.5) is 0 Å². The van der Waals surface area contributed by atoms with Gasteiger partial charge in [-0.2, -0.15) is 0 Å². The molecular formula is C21H30O5. The number of rotatable bonds is 2. The van der Waals surface area contributed by atoms with Crippen molar-refractivity contribution in [3.05, 3.63) is 22.8 Å². The highest BCUT2D eigenvalue weighted by Gasteiger charge is 2.59. The number of hydrogen-bond acceptors (Lipinski definition) is 5. The van der Waals surface area contributed by atoms with E-state index >= 15 is 0 Å². The fourth-order valence-electron chi connectivity index (χ4n) is 5.70. The van der Waals surface area contributed by atoms with Gasteiger partial charge in [0.15, 0.2) is 17.3 Å². The van der Waals surface area contributed by atoms with Crippen molar-refractivity contribution < 1.29 is 24.9 Å². The lowest BCUT2D eigenvalue weighted by Gasteiger charge is -2.56. The number of methoxy groups -OCH3 is 1. The Kier molecular flexibility index (Phi) is 4.40. The summed E-state index contributed by atoms with van der Waals surface area (Å²) in [6, 6.07) is 1.69. The van der Waals surface area contributed by atoms with Crippen LogP contribution >= 0.6 is 0 Å². The predicted molar refractivity (Wildman–Crippen MR) is 98.9 cm³/mol. The van der Waals surface area contributed by atoms with Gasteiger partial charge in [-0.25, -0.2) is 0 Å². The molecule has 0 bridgehead atoms. The van der Waals surface area contributed by atoms with Crippen LogP contribution in [0.1, 0.15) is 74.9 Å². The molecule has 0 radical (unpaired) electrons. The van der Waals surface area contributed by atoms with Crippen LogP contribution in [0.15, 0.2) is 6.07 Å². The number of benzene rings is 1. The second-order valence-corrected chi connectivity index (χ2v) is 9.18. The van der Waals surface area contributed by atoms with Crippen molar-refractivity contribution in [2.45, 2.75) is 71.0 Å². The standard InChI is InChI=1S/C21H30O5/c1-10(2)12-7-13-14(18(26-6)16(12)24)21(5)9-11(22)8-20(3,4)19(21)17(25)15(13)23/h7,10-11,17,19,22,24-25H,8-9H2,1-6H3/t11-,17-,19-,21+/m0/s1. The van der Waals surface area contributed by atoms with Gasteiger partial charge in [-0.1, -0.05) is 34.6 Å². The molecule has 2 aliphatic rings. The SMILES string of the molecule is COc1c(O)c(C(C)C)cc2c1[C@@]1(C)C[C@@H](O)CC(C)(C)[C@@H]1[C@@H](O)C2=O. The molecule has 0 unspecified atom stereocenters. The van der Waals surface area contributed by atoms with Crippen molar-refractivity contribution in [2.24, 2.45) is 11.3 Å². The highest BCUT2D eigenvalue weighted by molar-refractivity contribution is 6.04. The molecule has 3 rings (SSSR count). The molecule has 0 aliphatic heterocycles. The monoisotopic (exact) mass is 362 g/mol. The molecule has 26 heavy (non-hydrogen) atoms. The third kappa shape index (κ3) is 2.48. The minimum absolute atomic E-state index is 0.00180. The number of aliphatic hydroxyl groups is 2. The molecular weight excluding hydrogens is 332 g/mol. The summed E-state index contributed by atoms with van der Waals surface area (Å²) < 4.78 is 5.57. The van der Waals surface area contributed by atoms with Gasteiger partial charge in [0.25, 0.3) is 0 Å². The summed E-state index contributed by atoms with van der Waals surface area (Å²) in [5.74, 6) is -0.353. The highest BCUT2D eigenvalue weighted by Crippen LogP contribution is 2.60. The topological polar surface area (TPSA) is 87.0 Å². The number of ketones is 1. The number of phenolic OH excluding ortho intramolecular Hbond substituents is 1. The van der Waals surface area contributed by atoms with Gasteiger partial charge in [0.2, 0.25) is 0 Å². The lowest BCUT2D eigenvalue weighted by atomic mass is 9.48. The van der Waals surface area contributed by atoms with Gasteiger partial charge in [0, 0.05) is 28.0 Å². The summed E-state index contributed by atoms with van der Waals surface area (Å²) in [5, 5.41) is 32.3. The van der Waals surface area contributed by atoms with Crippen LogP contribution in [0.3, 0.4) is 0 Å². The van der Waals surface area contributed by atoms with Crippen molar-refractivity contribution in [1.82, 2.24) is 0 Å². The van der Waals surface area contributed by atoms with E-state index in [0.29, 0.717) is 35.3 Å². The van der Waals surface area contributed by atoms with Crippen LogP contribution in [0.2, 0.25) is 0 Å². The van der Waals surface area contributed by atoms with Crippen molar-refractivity contribution in [3.63, 3.8) is 0 Å². The van der Waals surface area contributed by atoms with Crippen LogP contribution in [-0.2, 0) is 5.41 Å². The maximum Gasteiger partial charge on any atom is 0.192 e. The number of carbonyl (C=O) groups is 1. The second-order valence-electron chi connectivity index (χ2n) is 9.18. The van der Waals surface area contributed by atoms with Gasteiger partial charge in [0.1, 0.15) is 6.10 Å². The molecule has 1 fully saturated rings. The third-order valence-electron chi connectivity index (χ3n) is 6.48. The fourth-order valence-corrected chi connectivity index (χ4v) is 5.70. The first kappa shape index (κ1) is 19.2. The molecule has 0 amide bonds. The molecule has 1 aromatic carbocycles. The van der Waals surface area contributed by atoms with E-state index in [9.17, 15) is 20.1 Å². The quantitative estimate of drug-likeness (QED) is 0.752. The molecule has 0 spiro atoms. The van der Waals surface area contributed by atoms with Crippen molar-refractivity contribution in [3.8, 4) is 11.5 Å². The predicted octanol–water partition coefficient (Wildman–Crippen LogP) is 3.14. The zero-order valence-electron chi connectivity index (χ0n) is 16.5. The van der Waals surface area contributed by atoms with E-state index in [1.165, 1.54) is 7.11 Å². The van der Waals surface area contributed by atoms with Crippen LogP contribution in [0.5, 0.6) is 11.5 Å². The van der Waals surface area contributed by atoms with E-state index in [1.807, 2.05) is 34.6 Å². The first-order valence-corrected chi connectivity index (χ1v) is 9.30. The number of hydrogen-bond donors (Lipinski definition) is 3. The van der Waals surface area contributed by atoms with Gasteiger partial charge < -0.3 is 20.1 Å². The summed E-state index contributed by atoms with van der Waals surface area (Å²) in [4.78, 5) is 13.1. The third-order valence-corrected chi connectivity index (χ3v) is 6.48. The zero-order valence-corrected chi connectivity index (χ0v) is 16.5. The molecule has 3 N–H and O–H groups in total. The first-order valence-electron chi connectivity index (χ1n) is 9.30. The Labute approximate surface area is 155 Å². The Bertz CT molecular complexity index is 751. The molecule has 0 saturated heterocycles. The Hall–Kier alpha value is -1.59. The number of aliphatic hydroxyl groups excluding tert-OH is 2. The lowest BCUT2D eigenvalue weighted by molar-refractivity contribution is -0.0808. The maximum absolute atomic E-state index is 13.1. The zero-order chi connectivity index (χ0) is 19.6. The second kappa shape index (κ2) is 5.96. The lowest BCUT2D eigenvalue weighted by Crippen LogP contribution is -2.59. The van der Waals surface area contributed by atoms with Crippen LogP contribution < -0.4 is 4.74 Å². The van der Waals surface area contributed by atoms with E-state index in [-0.39, 0.29) is 23.4 Å². The normalized spacial score (nSPS) is 33.0. The molecule has 0 heterocycles. The Balaban J connectivity index is 2.38. The van der Waals surface area contributed by atoms with Gasteiger partial charge in [-0.3, -0.25) is 4.79 Å². The molecule has 1 aromatic rings. The van der Waals surface area contributed by atoms with Crippen LogP contribution in [0.25, 0.3) is 0 Å². The molecule has 4 atom stereocenters. The molecule has 144 valence electrons. The fraction of sp³-hybridized carbons (Fsp3) is 0.667. The Morgan fingerprint density at radius 1 is 1.19 bits per heavy atom. The molecule has 5 heteroatoms. The van der Waals surface area contributed by atoms with Gasteiger partial charge in [-0.05, 0) is 30.2 Å². The number of aromatic hydroxyl groups is 1. The van der Waals surface area contributed by atoms with E-state index < -0.39 is 23.0 Å². The molecule has 1 saturated carbocycles. The molecule has 0 aromatic heterocycles. The average molecular weight is 362 g/mol. The summed E-state index contributed by atoms with van der Waals surface area (Å²) in [6.45, 7) is 9.79. The number of carbonyl (C=O) groups excluding carboxylic acids is 1. The first-order chi connectivity index (χ1) is 12.0. The van der Waals surface area contributed by atoms with Crippen LogP contribution in [0, 0.1) is 11.3 Å².